The van der Waals surface area contributed by atoms with Crippen molar-refractivity contribution in [2.45, 2.75) is 135 Å². The van der Waals surface area contributed by atoms with E-state index >= 15 is 0 Å². The third-order valence-electron chi connectivity index (χ3n) is 10.7. The quantitative estimate of drug-likeness (QED) is 0.0536. The minimum Gasteiger partial charge on any atom is -0.481 e. The number of hydrogen-bond acceptors (Lipinski definition) is 13. The maximum atomic E-state index is 13.0. The number of aliphatic carboxylic acids is 1. The Labute approximate surface area is 297 Å². The maximum absolute atomic E-state index is 13.0. The molecular weight excluding hydrogens is 680 g/mol. The van der Waals surface area contributed by atoms with Gasteiger partial charge in [-0.05, 0) is 120 Å². The number of rotatable bonds is 20. The number of carbonyl (C=O) groups excluding carboxylic acids is 1. The number of carboxylic acid groups (broad SMARTS) is 1. The van der Waals surface area contributed by atoms with Crippen LogP contribution in [0.25, 0.3) is 0 Å². The fourth-order valence-corrected chi connectivity index (χ4v) is 8.79. The molecule has 0 aromatic carbocycles. The predicted molar refractivity (Wildman–Crippen MR) is 181 cm³/mol. The Morgan fingerprint density at radius 1 is 0.755 bits per heavy atom. The molecule has 0 radical (unpaired) electrons. The summed E-state index contributed by atoms with van der Waals surface area (Å²) in [6.45, 7) is 5.78. The van der Waals surface area contributed by atoms with Crippen LogP contribution in [0.5, 0.6) is 0 Å². The van der Waals surface area contributed by atoms with Crippen molar-refractivity contribution in [3.05, 3.63) is 0 Å². The van der Waals surface area contributed by atoms with Gasteiger partial charge < -0.3 is 15.3 Å². The van der Waals surface area contributed by atoms with Gasteiger partial charge in [0.1, 0.15) is 0 Å². The topological polar surface area (TPSA) is 180 Å². The van der Waals surface area contributed by atoms with Crippen LogP contribution in [-0.4, -0.2) is 77.2 Å². The lowest BCUT2D eigenvalue weighted by atomic mass is 9.77. The summed E-state index contributed by atoms with van der Waals surface area (Å²) in [4.78, 5) is 40.6. The first kappa shape index (κ1) is 40.8. The molecule has 0 saturated heterocycles. The molecule has 7 unspecified atom stereocenters. The standard InChI is InChI=1S/C33H58N2O12S2/c1-22-4-9-26(10-5-22)43-47-48-44-28-14-15-30(33(37)38)31(19-28)32(36)34-16-3-17-35-41-20-25-18-29(13-8-24(25)21-42-39)46-49(40)45-27-11-6-23(2)7-12-27/h22-31,35,39H,3-21H2,1-2H3,(H,34,36)(H,37,38). The first-order chi connectivity index (χ1) is 23.7. The van der Waals surface area contributed by atoms with E-state index in [0.717, 1.165) is 70.1 Å². The van der Waals surface area contributed by atoms with Gasteiger partial charge in [0, 0.05) is 13.1 Å². The Bertz CT molecular complexity index is 999. The molecule has 49 heavy (non-hydrogen) atoms. The van der Waals surface area contributed by atoms with Gasteiger partial charge in [-0.3, -0.25) is 27.4 Å². The van der Waals surface area contributed by atoms with Crippen LogP contribution >= 0.6 is 12.3 Å². The molecule has 0 bridgehead atoms. The van der Waals surface area contributed by atoms with Crippen LogP contribution in [0.3, 0.4) is 0 Å². The van der Waals surface area contributed by atoms with Crippen molar-refractivity contribution < 1.29 is 55.7 Å². The van der Waals surface area contributed by atoms with Crippen molar-refractivity contribution in [1.82, 2.24) is 10.8 Å². The molecule has 7 atom stereocenters. The van der Waals surface area contributed by atoms with Gasteiger partial charge >= 0.3 is 17.3 Å². The Kier molecular flexibility index (Phi) is 18.5. The van der Waals surface area contributed by atoms with Gasteiger partial charge in [-0.15, -0.1) is 4.33 Å². The van der Waals surface area contributed by atoms with Gasteiger partial charge in [0.05, 0.1) is 49.5 Å². The van der Waals surface area contributed by atoms with Crippen LogP contribution in [0.4, 0.5) is 0 Å². The normalized spacial score (nSPS) is 34.7. The number of nitrogens with one attached hydrogen (secondary N) is 2. The molecule has 284 valence electrons. The fourth-order valence-electron chi connectivity index (χ4n) is 7.48. The summed E-state index contributed by atoms with van der Waals surface area (Å²) in [5.74, 6) is -1.32. The van der Waals surface area contributed by atoms with Crippen LogP contribution in [0.2, 0.25) is 0 Å². The van der Waals surface area contributed by atoms with Crippen molar-refractivity contribution in [2.75, 3.05) is 26.3 Å². The zero-order chi connectivity index (χ0) is 35.0. The van der Waals surface area contributed by atoms with E-state index < -0.39 is 29.2 Å². The lowest BCUT2D eigenvalue weighted by Gasteiger charge is -2.34. The van der Waals surface area contributed by atoms with Crippen molar-refractivity contribution >= 4 is 35.6 Å². The van der Waals surface area contributed by atoms with Crippen molar-refractivity contribution in [2.24, 2.45) is 35.5 Å². The third kappa shape index (κ3) is 14.6. The van der Waals surface area contributed by atoms with E-state index in [1.807, 2.05) is 0 Å². The molecule has 0 aromatic heterocycles. The smallest absolute Gasteiger partial charge is 0.307 e. The highest BCUT2D eigenvalue weighted by molar-refractivity contribution is 7.89. The van der Waals surface area contributed by atoms with Crippen molar-refractivity contribution in [3.8, 4) is 0 Å². The second-order valence-electron chi connectivity index (χ2n) is 14.6. The van der Waals surface area contributed by atoms with E-state index in [0.29, 0.717) is 63.6 Å². The average Bonchev–Trinajstić information content (AvgIpc) is 3.09. The number of hydroxylamine groups is 1. The van der Waals surface area contributed by atoms with E-state index in [2.05, 4.69) is 29.5 Å². The van der Waals surface area contributed by atoms with Gasteiger partial charge in [0.25, 0.3) is 0 Å². The highest BCUT2D eigenvalue weighted by Crippen LogP contribution is 2.36. The molecule has 4 rings (SSSR count). The second-order valence-corrected chi connectivity index (χ2v) is 15.8. The summed E-state index contributed by atoms with van der Waals surface area (Å²) >= 11 is -1.05. The number of hydrogen-bond donors (Lipinski definition) is 4. The van der Waals surface area contributed by atoms with E-state index in [-0.39, 0.29) is 55.2 Å². The molecule has 0 heterocycles. The van der Waals surface area contributed by atoms with Gasteiger partial charge in [0.15, 0.2) is 12.3 Å². The second kappa shape index (κ2) is 22.2. The zero-order valence-corrected chi connectivity index (χ0v) is 30.6. The maximum Gasteiger partial charge on any atom is 0.307 e. The summed E-state index contributed by atoms with van der Waals surface area (Å²) in [6.07, 6.45) is 11.2. The van der Waals surface area contributed by atoms with E-state index in [4.69, 9.17) is 31.9 Å². The minimum atomic E-state index is -1.81. The molecule has 0 aromatic rings. The Hall–Kier alpha value is -0.920. The molecule has 1 amide bonds. The third-order valence-corrected chi connectivity index (χ3v) is 12.1. The molecule has 4 aliphatic carbocycles. The molecule has 14 nitrogen and oxygen atoms in total. The van der Waals surface area contributed by atoms with Gasteiger partial charge in [-0.2, -0.15) is 4.21 Å². The molecule has 4 N–H and O–H groups in total. The van der Waals surface area contributed by atoms with Gasteiger partial charge in [-0.25, -0.2) is 15.3 Å². The Balaban J connectivity index is 1.09. The van der Waals surface area contributed by atoms with Crippen LogP contribution in [0.1, 0.15) is 110 Å². The highest BCUT2D eigenvalue weighted by Gasteiger charge is 2.40. The van der Waals surface area contributed by atoms with Crippen LogP contribution in [-0.2, 0) is 52.4 Å². The Morgan fingerprint density at radius 2 is 1.41 bits per heavy atom. The van der Waals surface area contributed by atoms with Crippen LogP contribution < -0.4 is 10.8 Å². The summed E-state index contributed by atoms with van der Waals surface area (Å²) < 4.78 is 34.9. The largest absolute Gasteiger partial charge is 0.481 e. The summed E-state index contributed by atoms with van der Waals surface area (Å²) in [5, 5.41) is 21.7. The van der Waals surface area contributed by atoms with Crippen LogP contribution in [0.15, 0.2) is 0 Å². The number of carboxylic acids is 1. The van der Waals surface area contributed by atoms with Gasteiger partial charge in [-0.1, -0.05) is 13.8 Å². The van der Waals surface area contributed by atoms with Crippen LogP contribution in [0, 0.1) is 35.5 Å². The minimum absolute atomic E-state index is 0.00579. The fraction of sp³-hybridized carbons (Fsp3) is 0.939. The molecule has 4 saturated carbocycles. The first-order valence-electron chi connectivity index (χ1n) is 18.2. The molecule has 4 fully saturated rings. The molecular formula is C33H58N2O12S2. The molecule has 0 aliphatic heterocycles. The summed E-state index contributed by atoms with van der Waals surface area (Å²) in [5.41, 5.74) is 2.93. The van der Waals surface area contributed by atoms with E-state index in [1.54, 1.807) is 0 Å². The molecule has 16 heteroatoms. The highest BCUT2D eigenvalue weighted by atomic mass is 32.2. The lowest BCUT2D eigenvalue weighted by Crippen LogP contribution is -2.43. The van der Waals surface area contributed by atoms with Crippen molar-refractivity contribution in [3.63, 3.8) is 0 Å². The Morgan fingerprint density at radius 3 is 2.10 bits per heavy atom. The van der Waals surface area contributed by atoms with E-state index in [9.17, 15) is 18.9 Å². The average molecular weight is 739 g/mol. The summed E-state index contributed by atoms with van der Waals surface area (Å²) in [6, 6.07) is 0. The number of carbonyl (C=O) groups is 2. The lowest BCUT2D eigenvalue weighted by molar-refractivity contribution is -0.257. The van der Waals surface area contributed by atoms with Crippen molar-refractivity contribution in [1.29, 1.82) is 0 Å². The molecule has 0 spiro atoms. The monoisotopic (exact) mass is 738 g/mol. The van der Waals surface area contributed by atoms with E-state index in [1.165, 1.54) is 0 Å². The van der Waals surface area contributed by atoms with Gasteiger partial charge in [0.2, 0.25) is 5.91 Å². The molecule has 4 aliphatic rings. The number of amides is 1. The first-order valence-corrected chi connectivity index (χ1v) is 19.9. The summed E-state index contributed by atoms with van der Waals surface area (Å²) in [7, 11) is 0. The SMILES string of the molecule is CC1CCC(OOSOC2CCC(C(=O)O)C(C(=O)NCCCNOCC3CC(OS(=O)OC4CCC(C)CC4)CCC3COO)C2)CC1. The zero-order valence-electron chi connectivity index (χ0n) is 29.0. The predicted octanol–water partition coefficient (Wildman–Crippen LogP) is 5.46.